The number of nitriles is 1. The predicted octanol–water partition coefficient (Wildman–Crippen LogP) is 2.64. The lowest BCUT2D eigenvalue weighted by molar-refractivity contribution is -0.123. The Hall–Kier alpha value is -4.12. The molecule has 0 saturated carbocycles. The topological polar surface area (TPSA) is 120 Å². The predicted molar refractivity (Wildman–Crippen MR) is 111 cm³/mol. The second-order valence-corrected chi connectivity index (χ2v) is 6.91. The molecule has 0 radical (unpaired) electrons. The zero-order valence-corrected chi connectivity index (χ0v) is 16.7. The molecule has 152 valence electrons. The number of carbonyl (C=O) groups is 3. The van der Waals surface area contributed by atoms with Crippen molar-refractivity contribution in [1.82, 2.24) is 5.32 Å². The van der Waals surface area contributed by atoms with Crippen LogP contribution in [0.15, 0.2) is 48.2 Å². The van der Waals surface area contributed by atoms with Gasteiger partial charge in [0, 0.05) is 22.9 Å². The van der Waals surface area contributed by atoms with Gasteiger partial charge in [0.2, 0.25) is 5.91 Å². The fourth-order valence-electron chi connectivity index (χ4n) is 2.91. The molecule has 1 aliphatic heterocycles. The summed E-state index contributed by atoms with van der Waals surface area (Å²) >= 11 is 0. The fourth-order valence-corrected chi connectivity index (χ4v) is 2.91. The summed E-state index contributed by atoms with van der Waals surface area (Å²) in [6.45, 7) is 3.53. The Morgan fingerprint density at radius 2 is 1.87 bits per heavy atom. The Bertz CT molecular complexity index is 1110. The first-order chi connectivity index (χ1) is 14.3. The Morgan fingerprint density at radius 3 is 2.53 bits per heavy atom. The minimum Gasteiger partial charge on any atom is -0.496 e. The minimum atomic E-state index is -0.601. The third kappa shape index (κ3) is 4.15. The van der Waals surface area contributed by atoms with Crippen molar-refractivity contribution in [3.63, 3.8) is 0 Å². The van der Waals surface area contributed by atoms with E-state index in [-0.39, 0.29) is 23.1 Å². The van der Waals surface area contributed by atoms with Crippen LogP contribution in [-0.2, 0) is 14.4 Å². The Morgan fingerprint density at radius 1 is 1.10 bits per heavy atom. The van der Waals surface area contributed by atoms with Crippen LogP contribution in [0.2, 0.25) is 0 Å². The quantitative estimate of drug-likeness (QED) is 0.637. The van der Waals surface area contributed by atoms with Crippen molar-refractivity contribution < 1.29 is 19.1 Å². The molecular formula is C22H20N4O4. The molecule has 3 N–H and O–H groups in total. The number of hydrogen-bond donors (Lipinski definition) is 3. The van der Waals surface area contributed by atoms with Crippen molar-refractivity contribution in [1.29, 1.82) is 5.26 Å². The molecular weight excluding hydrogens is 384 g/mol. The van der Waals surface area contributed by atoms with Crippen LogP contribution in [0.1, 0.15) is 25.0 Å². The van der Waals surface area contributed by atoms with E-state index in [0.717, 1.165) is 0 Å². The second kappa shape index (κ2) is 8.49. The summed E-state index contributed by atoms with van der Waals surface area (Å²) in [5.74, 6) is -1.24. The number of rotatable bonds is 6. The van der Waals surface area contributed by atoms with Gasteiger partial charge in [-0.2, -0.15) is 5.26 Å². The van der Waals surface area contributed by atoms with Gasteiger partial charge in [-0.25, -0.2) is 0 Å². The molecule has 0 aliphatic carbocycles. The van der Waals surface area contributed by atoms with E-state index in [1.54, 1.807) is 56.3 Å². The first kappa shape index (κ1) is 20.6. The third-order valence-electron chi connectivity index (χ3n) is 4.45. The molecule has 0 atom stereocenters. The van der Waals surface area contributed by atoms with Crippen molar-refractivity contribution in [3.8, 4) is 11.8 Å². The van der Waals surface area contributed by atoms with Crippen molar-refractivity contribution in [2.24, 2.45) is 5.92 Å². The molecule has 0 saturated heterocycles. The molecule has 1 aliphatic rings. The highest BCUT2D eigenvalue weighted by Gasteiger charge is 2.33. The van der Waals surface area contributed by atoms with E-state index < -0.39 is 11.8 Å². The van der Waals surface area contributed by atoms with Crippen molar-refractivity contribution in [3.05, 3.63) is 59.3 Å². The number of amides is 3. The van der Waals surface area contributed by atoms with E-state index >= 15 is 0 Å². The molecule has 0 unspecified atom stereocenters. The van der Waals surface area contributed by atoms with Gasteiger partial charge >= 0.3 is 0 Å². The molecule has 2 aromatic carbocycles. The van der Waals surface area contributed by atoms with Gasteiger partial charge in [-0.1, -0.05) is 19.9 Å². The monoisotopic (exact) mass is 404 g/mol. The third-order valence-corrected chi connectivity index (χ3v) is 4.45. The van der Waals surface area contributed by atoms with E-state index in [9.17, 15) is 14.4 Å². The van der Waals surface area contributed by atoms with Crippen LogP contribution in [-0.4, -0.2) is 24.8 Å². The number of carbonyl (C=O) groups excluding carboxylic acids is 3. The van der Waals surface area contributed by atoms with Gasteiger partial charge in [0.1, 0.15) is 11.4 Å². The molecule has 0 fully saturated rings. The van der Waals surface area contributed by atoms with E-state index in [1.165, 1.54) is 7.11 Å². The molecule has 8 heteroatoms. The molecule has 2 aromatic rings. The van der Waals surface area contributed by atoms with Crippen molar-refractivity contribution in [2.75, 3.05) is 17.7 Å². The molecule has 30 heavy (non-hydrogen) atoms. The highest BCUT2D eigenvalue weighted by atomic mass is 16.5. The summed E-state index contributed by atoms with van der Waals surface area (Å²) in [7, 11) is 1.45. The number of ether oxygens (including phenoxy) is 1. The molecule has 0 spiro atoms. The summed E-state index contributed by atoms with van der Waals surface area (Å²) in [6.07, 6.45) is 0. The zero-order valence-electron chi connectivity index (χ0n) is 16.7. The summed E-state index contributed by atoms with van der Waals surface area (Å²) in [5, 5.41) is 17.1. The normalized spacial score (nSPS) is 13.2. The van der Waals surface area contributed by atoms with E-state index in [4.69, 9.17) is 10.00 Å². The van der Waals surface area contributed by atoms with E-state index in [2.05, 4.69) is 16.0 Å². The van der Waals surface area contributed by atoms with Crippen LogP contribution in [0.25, 0.3) is 5.57 Å². The number of nitrogens with one attached hydrogen (secondary N) is 3. The number of hydrogen-bond acceptors (Lipinski definition) is 6. The largest absolute Gasteiger partial charge is 0.496 e. The maximum atomic E-state index is 12.6. The zero-order chi connectivity index (χ0) is 21.8. The molecule has 8 nitrogen and oxygen atoms in total. The summed E-state index contributed by atoms with van der Waals surface area (Å²) in [6, 6.07) is 13.4. The highest BCUT2D eigenvalue weighted by molar-refractivity contribution is 6.37. The maximum Gasteiger partial charge on any atom is 0.275 e. The number of imide groups is 1. The fraction of sp³-hybridized carbons (Fsp3) is 0.182. The van der Waals surface area contributed by atoms with Crippen LogP contribution in [0, 0.1) is 17.2 Å². The van der Waals surface area contributed by atoms with E-state index in [0.29, 0.717) is 28.3 Å². The average molecular weight is 404 g/mol. The Labute approximate surface area is 173 Å². The van der Waals surface area contributed by atoms with Crippen LogP contribution in [0.5, 0.6) is 5.75 Å². The van der Waals surface area contributed by atoms with Crippen LogP contribution >= 0.6 is 0 Å². The van der Waals surface area contributed by atoms with Crippen molar-refractivity contribution >= 4 is 34.7 Å². The van der Waals surface area contributed by atoms with Gasteiger partial charge in [-0.3, -0.25) is 19.7 Å². The molecule has 1 heterocycles. The van der Waals surface area contributed by atoms with Gasteiger partial charge in [0.25, 0.3) is 11.8 Å². The SMILES string of the molecule is COc1ccc(NC(=O)C(C)C)cc1C1=C(Nc2cccc(C#N)c2)C(=O)NC1=O. The highest BCUT2D eigenvalue weighted by Crippen LogP contribution is 2.34. The van der Waals surface area contributed by atoms with Crippen LogP contribution in [0.4, 0.5) is 11.4 Å². The summed E-state index contributed by atoms with van der Waals surface area (Å²) in [5.41, 5.74) is 1.81. The first-order valence-corrected chi connectivity index (χ1v) is 9.20. The minimum absolute atomic E-state index is 0.0284. The number of methoxy groups -OCH3 is 1. The van der Waals surface area contributed by atoms with Gasteiger partial charge < -0.3 is 15.4 Å². The van der Waals surface area contributed by atoms with Crippen LogP contribution < -0.4 is 20.7 Å². The standard InChI is InChI=1S/C22H20N4O4/c1-12(2)20(27)25-15-7-8-17(30-3)16(10-15)18-19(22(29)26-21(18)28)24-14-6-4-5-13(9-14)11-23/h4-10,12H,1-3H3,(H,25,27)(H2,24,26,28,29). The lowest BCUT2D eigenvalue weighted by Gasteiger charge is -2.14. The lowest BCUT2D eigenvalue weighted by Crippen LogP contribution is -2.24. The molecule has 0 aromatic heterocycles. The Kier molecular flexibility index (Phi) is 5.83. The number of anilines is 2. The first-order valence-electron chi connectivity index (χ1n) is 9.20. The second-order valence-electron chi connectivity index (χ2n) is 6.91. The van der Waals surface area contributed by atoms with Gasteiger partial charge in [-0.05, 0) is 36.4 Å². The molecule has 3 rings (SSSR count). The Balaban J connectivity index is 2.09. The summed E-state index contributed by atoms with van der Waals surface area (Å²) in [4.78, 5) is 37.1. The van der Waals surface area contributed by atoms with Crippen LogP contribution in [0.3, 0.4) is 0 Å². The molecule has 0 bridgehead atoms. The molecule has 3 amide bonds. The van der Waals surface area contributed by atoms with Gasteiger partial charge in [0.15, 0.2) is 0 Å². The smallest absolute Gasteiger partial charge is 0.275 e. The average Bonchev–Trinajstić information content (AvgIpc) is 3.00. The number of nitrogens with zero attached hydrogens (tertiary/aromatic N) is 1. The van der Waals surface area contributed by atoms with E-state index in [1.807, 2.05) is 6.07 Å². The van der Waals surface area contributed by atoms with Crippen molar-refractivity contribution in [2.45, 2.75) is 13.8 Å². The summed E-state index contributed by atoms with van der Waals surface area (Å²) < 4.78 is 5.37. The van der Waals surface area contributed by atoms with Gasteiger partial charge in [0.05, 0.1) is 24.3 Å². The lowest BCUT2D eigenvalue weighted by atomic mass is 10.0. The van der Waals surface area contributed by atoms with Gasteiger partial charge in [-0.15, -0.1) is 0 Å². The number of benzene rings is 2. The maximum absolute atomic E-state index is 12.6.